The smallest absolute Gasteiger partial charge is 0.416 e. The van der Waals surface area contributed by atoms with Crippen molar-refractivity contribution >= 4 is 19.3 Å². The summed E-state index contributed by atoms with van der Waals surface area (Å²) in [5, 5.41) is 9.36. The predicted octanol–water partition coefficient (Wildman–Crippen LogP) is 2.89. The number of aliphatic hydroxyl groups is 1. The van der Waals surface area contributed by atoms with Crippen LogP contribution in [0.4, 0.5) is 13.2 Å². The second-order valence-corrected chi connectivity index (χ2v) is 5.43. The van der Waals surface area contributed by atoms with Gasteiger partial charge in [-0.05, 0) is 36.8 Å². The summed E-state index contributed by atoms with van der Waals surface area (Å²) in [5.74, 6) is -0.418. The standard InChI is InChI=1S/C18H16BF3O4/c1-2-25-17(24)9-11-8-14(4-5-15(11)18(20,21)22)26-16-6-3-13(19)7-12(16)10-23/h3-8,23H,2,9-10H2,1H3. The molecule has 0 fully saturated rings. The molecule has 0 aliphatic rings. The SMILES string of the molecule is [B]c1ccc(Oc2ccc(C(F)(F)F)c(CC(=O)OCC)c2)c(CO)c1. The molecule has 0 saturated heterocycles. The Hall–Kier alpha value is -2.48. The first-order chi connectivity index (χ1) is 12.2. The molecule has 1 N–H and O–H groups in total. The number of carbonyl (C=O) groups excluding carboxylic acids is 1. The lowest BCUT2D eigenvalue weighted by Gasteiger charge is -2.16. The number of rotatable bonds is 6. The zero-order valence-electron chi connectivity index (χ0n) is 14.0. The van der Waals surface area contributed by atoms with Crippen molar-refractivity contribution in [3.63, 3.8) is 0 Å². The Balaban J connectivity index is 2.37. The highest BCUT2D eigenvalue weighted by atomic mass is 19.4. The predicted molar refractivity (Wildman–Crippen MR) is 89.6 cm³/mol. The van der Waals surface area contributed by atoms with Gasteiger partial charge in [0.15, 0.2) is 0 Å². The third-order valence-corrected chi connectivity index (χ3v) is 3.50. The van der Waals surface area contributed by atoms with Crippen LogP contribution in [0.5, 0.6) is 11.5 Å². The van der Waals surface area contributed by atoms with E-state index in [1.807, 2.05) is 0 Å². The first-order valence-electron chi connectivity index (χ1n) is 7.77. The molecule has 0 saturated carbocycles. The maximum absolute atomic E-state index is 13.2. The molecule has 2 radical (unpaired) electrons. The molecule has 0 aromatic heterocycles. The zero-order chi connectivity index (χ0) is 19.3. The molecule has 0 amide bonds. The normalized spacial score (nSPS) is 11.3. The van der Waals surface area contributed by atoms with E-state index in [0.717, 1.165) is 18.2 Å². The first kappa shape index (κ1) is 19.8. The summed E-state index contributed by atoms with van der Waals surface area (Å²) in [6.45, 7) is 1.29. The number of carbonyl (C=O) groups is 1. The van der Waals surface area contributed by atoms with Crippen molar-refractivity contribution in [2.45, 2.75) is 26.1 Å². The summed E-state index contributed by atoms with van der Waals surface area (Å²) in [6, 6.07) is 7.67. The van der Waals surface area contributed by atoms with E-state index in [9.17, 15) is 23.1 Å². The van der Waals surface area contributed by atoms with Gasteiger partial charge in [0.05, 0.1) is 25.2 Å². The summed E-state index contributed by atoms with van der Waals surface area (Å²) < 4.78 is 49.8. The highest BCUT2D eigenvalue weighted by Crippen LogP contribution is 2.35. The Morgan fingerprint density at radius 2 is 1.88 bits per heavy atom. The van der Waals surface area contributed by atoms with Gasteiger partial charge in [0.2, 0.25) is 0 Å². The molecule has 26 heavy (non-hydrogen) atoms. The van der Waals surface area contributed by atoms with E-state index in [2.05, 4.69) is 0 Å². The van der Waals surface area contributed by atoms with Crippen molar-refractivity contribution in [3.05, 3.63) is 53.1 Å². The third kappa shape index (κ3) is 5.01. The summed E-state index contributed by atoms with van der Waals surface area (Å²) in [7, 11) is 5.63. The first-order valence-corrected chi connectivity index (χ1v) is 7.77. The van der Waals surface area contributed by atoms with Gasteiger partial charge in [-0.25, -0.2) is 0 Å². The van der Waals surface area contributed by atoms with E-state index in [1.165, 1.54) is 18.2 Å². The summed E-state index contributed by atoms with van der Waals surface area (Å²) in [6.07, 6.45) is -5.15. The monoisotopic (exact) mass is 364 g/mol. The zero-order valence-corrected chi connectivity index (χ0v) is 14.0. The molecule has 0 atom stereocenters. The summed E-state index contributed by atoms with van der Waals surface area (Å²) in [5.41, 5.74) is -0.388. The van der Waals surface area contributed by atoms with Gasteiger partial charge in [-0.15, -0.1) is 0 Å². The number of ether oxygens (including phenoxy) is 2. The largest absolute Gasteiger partial charge is 0.466 e. The number of esters is 1. The van der Waals surface area contributed by atoms with Gasteiger partial charge in [-0.3, -0.25) is 4.79 Å². The molecule has 2 rings (SSSR count). The van der Waals surface area contributed by atoms with E-state index in [1.54, 1.807) is 6.92 Å². The van der Waals surface area contributed by atoms with Crippen LogP contribution in [-0.4, -0.2) is 25.5 Å². The minimum absolute atomic E-state index is 0.0711. The van der Waals surface area contributed by atoms with E-state index in [-0.39, 0.29) is 30.3 Å². The van der Waals surface area contributed by atoms with Crippen LogP contribution < -0.4 is 10.2 Å². The molecule has 0 bridgehead atoms. The molecular weight excluding hydrogens is 348 g/mol. The van der Waals surface area contributed by atoms with Gasteiger partial charge >= 0.3 is 12.1 Å². The minimum atomic E-state index is -4.61. The number of alkyl halides is 3. The molecule has 0 aliphatic heterocycles. The molecular formula is C18H16BF3O4. The third-order valence-electron chi connectivity index (χ3n) is 3.50. The van der Waals surface area contributed by atoms with Crippen LogP contribution >= 0.6 is 0 Å². The highest BCUT2D eigenvalue weighted by molar-refractivity contribution is 6.32. The van der Waals surface area contributed by atoms with Crippen LogP contribution in [0.3, 0.4) is 0 Å². The fourth-order valence-electron chi connectivity index (χ4n) is 2.37. The van der Waals surface area contributed by atoms with Crippen LogP contribution in [-0.2, 0) is 28.7 Å². The van der Waals surface area contributed by atoms with E-state index < -0.39 is 24.1 Å². The van der Waals surface area contributed by atoms with Gasteiger partial charge in [0.25, 0.3) is 0 Å². The van der Waals surface area contributed by atoms with Crippen molar-refractivity contribution in [3.8, 4) is 11.5 Å². The van der Waals surface area contributed by atoms with Crippen LogP contribution in [0.1, 0.15) is 23.6 Å². The van der Waals surface area contributed by atoms with Gasteiger partial charge < -0.3 is 14.6 Å². The number of benzene rings is 2. The second-order valence-electron chi connectivity index (χ2n) is 5.43. The van der Waals surface area contributed by atoms with Crippen LogP contribution in [0, 0.1) is 0 Å². The van der Waals surface area contributed by atoms with Crippen molar-refractivity contribution in [2.75, 3.05) is 6.61 Å². The van der Waals surface area contributed by atoms with Gasteiger partial charge in [0, 0.05) is 5.56 Å². The average molecular weight is 364 g/mol. The number of halogens is 3. The van der Waals surface area contributed by atoms with Crippen molar-refractivity contribution in [2.24, 2.45) is 0 Å². The van der Waals surface area contributed by atoms with Gasteiger partial charge in [-0.2, -0.15) is 13.2 Å². The Kier molecular flexibility index (Phi) is 6.31. The number of aliphatic hydroxyl groups excluding tert-OH is 1. The lowest BCUT2D eigenvalue weighted by Crippen LogP contribution is -2.14. The Morgan fingerprint density at radius 3 is 2.50 bits per heavy atom. The van der Waals surface area contributed by atoms with Gasteiger partial charge in [0.1, 0.15) is 19.3 Å². The number of hydrogen-bond donors (Lipinski definition) is 1. The lowest BCUT2D eigenvalue weighted by atomic mass is 9.94. The minimum Gasteiger partial charge on any atom is -0.466 e. The lowest BCUT2D eigenvalue weighted by molar-refractivity contribution is -0.143. The van der Waals surface area contributed by atoms with Crippen molar-refractivity contribution < 1.29 is 32.5 Å². The number of hydrogen-bond acceptors (Lipinski definition) is 4. The Morgan fingerprint density at radius 1 is 1.15 bits per heavy atom. The fourth-order valence-corrected chi connectivity index (χ4v) is 2.37. The molecule has 4 nitrogen and oxygen atoms in total. The quantitative estimate of drug-likeness (QED) is 0.633. The molecule has 0 spiro atoms. The molecule has 136 valence electrons. The Labute approximate surface area is 150 Å². The molecule has 0 heterocycles. The van der Waals surface area contributed by atoms with Crippen molar-refractivity contribution in [1.82, 2.24) is 0 Å². The molecule has 8 heteroatoms. The topological polar surface area (TPSA) is 55.8 Å². The molecule has 0 unspecified atom stereocenters. The van der Waals surface area contributed by atoms with Crippen LogP contribution in [0.2, 0.25) is 0 Å². The van der Waals surface area contributed by atoms with Crippen LogP contribution in [0.25, 0.3) is 0 Å². The van der Waals surface area contributed by atoms with Crippen molar-refractivity contribution in [1.29, 1.82) is 0 Å². The summed E-state index contributed by atoms with van der Waals surface area (Å²) in [4.78, 5) is 11.6. The molecule has 2 aromatic carbocycles. The van der Waals surface area contributed by atoms with Gasteiger partial charge in [-0.1, -0.05) is 17.6 Å². The van der Waals surface area contributed by atoms with E-state index >= 15 is 0 Å². The van der Waals surface area contributed by atoms with E-state index in [0.29, 0.717) is 11.0 Å². The second kappa shape index (κ2) is 8.27. The van der Waals surface area contributed by atoms with E-state index in [4.69, 9.17) is 17.3 Å². The molecule has 0 aliphatic carbocycles. The average Bonchev–Trinajstić information content (AvgIpc) is 2.55. The fraction of sp³-hybridized carbons (Fsp3) is 0.278. The highest BCUT2D eigenvalue weighted by Gasteiger charge is 2.34. The maximum Gasteiger partial charge on any atom is 0.416 e. The van der Waals surface area contributed by atoms with Crippen LogP contribution in [0.15, 0.2) is 36.4 Å². The summed E-state index contributed by atoms with van der Waals surface area (Å²) >= 11 is 0. The maximum atomic E-state index is 13.2. The molecule has 2 aromatic rings. The Bertz CT molecular complexity index is 790.